The highest BCUT2D eigenvalue weighted by Crippen LogP contribution is 2.27. The summed E-state index contributed by atoms with van der Waals surface area (Å²) >= 11 is 6.28. The smallest absolute Gasteiger partial charge is 0.261 e. The van der Waals surface area contributed by atoms with Crippen molar-refractivity contribution in [1.82, 2.24) is 10.2 Å². The molecular formula is C22H27ClN2O5. The van der Waals surface area contributed by atoms with E-state index in [2.05, 4.69) is 5.32 Å². The van der Waals surface area contributed by atoms with Gasteiger partial charge in [-0.1, -0.05) is 36.7 Å². The number of nitrogens with zero attached hydrogens (tertiary/aromatic N) is 1. The maximum atomic E-state index is 13.1. The molecule has 0 radical (unpaired) electrons. The number of carbonyl (C=O) groups excluding carboxylic acids is 2. The second-order valence-corrected chi connectivity index (χ2v) is 6.90. The lowest BCUT2D eigenvalue weighted by atomic mass is 10.1. The van der Waals surface area contributed by atoms with Gasteiger partial charge in [0, 0.05) is 36.8 Å². The summed E-state index contributed by atoms with van der Waals surface area (Å²) in [4.78, 5) is 27.0. The maximum absolute atomic E-state index is 13.1. The van der Waals surface area contributed by atoms with Crippen LogP contribution in [0.5, 0.6) is 17.2 Å². The van der Waals surface area contributed by atoms with E-state index in [-0.39, 0.29) is 25.0 Å². The lowest BCUT2D eigenvalue weighted by molar-refractivity contribution is -0.142. The highest BCUT2D eigenvalue weighted by molar-refractivity contribution is 6.31. The summed E-state index contributed by atoms with van der Waals surface area (Å²) in [7, 11) is 4.61. The maximum Gasteiger partial charge on any atom is 0.261 e. The van der Waals surface area contributed by atoms with Gasteiger partial charge in [-0.3, -0.25) is 9.59 Å². The Morgan fingerprint density at radius 3 is 2.20 bits per heavy atom. The van der Waals surface area contributed by atoms with Crippen molar-refractivity contribution in [3.05, 3.63) is 53.1 Å². The molecule has 0 aromatic heterocycles. The first-order valence-electron chi connectivity index (χ1n) is 9.53. The first-order chi connectivity index (χ1) is 14.4. The van der Waals surface area contributed by atoms with Gasteiger partial charge in [0.1, 0.15) is 23.3 Å². The number of hydrogen-bond acceptors (Lipinski definition) is 5. The number of carbonyl (C=O) groups is 2. The van der Waals surface area contributed by atoms with E-state index in [1.165, 1.54) is 19.1 Å². The standard InChI is InChI=1S/C22H27ClN2O5/c1-5-20(22(27)24-2)25(13-15-8-6-7-9-19(15)23)21(26)14-30-18-11-16(28-3)10-17(12-18)29-4/h6-12,20H,5,13-14H2,1-4H3,(H,24,27). The first kappa shape index (κ1) is 23.3. The molecule has 1 atom stereocenters. The molecule has 0 aliphatic rings. The molecule has 0 heterocycles. The molecule has 2 aromatic carbocycles. The zero-order valence-corrected chi connectivity index (χ0v) is 18.4. The summed E-state index contributed by atoms with van der Waals surface area (Å²) in [6, 6.07) is 11.6. The summed E-state index contributed by atoms with van der Waals surface area (Å²) in [6.45, 7) is 1.78. The van der Waals surface area contributed by atoms with Crippen molar-refractivity contribution in [2.24, 2.45) is 0 Å². The van der Waals surface area contributed by atoms with E-state index in [1.807, 2.05) is 25.1 Å². The van der Waals surface area contributed by atoms with Crippen LogP contribution in [0.3, 0.4) is 0 Å². The first-order valence-corrected chi connectivity index (χ1v) is 9.91. The second-order valence-electron chi connectivity index (χ2n) is 6.49. The molecule has 1 unspecified atom stereocenters. The minimum atomic E-state index is -0.651. The van der Waals surface area contributed by atoms with E-state index in [1.54, 1.807) is 31.3 Å². The third kappa shape index (κ3) is 6.03. The van der Waals surface area contributed by atoms with Gasteiger partial charge in [0.2, 0.25) is 5.91 Å². The Bertz CT molecular complexity index is 852. The molecule has 0 saturated heterocycles. The lowest BCUT2D eigenvalue weighted by Crippen LogP contribution is -2.49. The Kier molecular flexibility index (Phi) is 8.80. The highest BCUT2D eigenvalue weighted by atomic mass is 35.5. The number of ether oxygens (including phenoxy) is 3. The van der Waals surface area contributed by atoms with E-state index >= 15 is 0 Å². The zero-order chi connectivity index (χ0) is 22.1. The third-order valence-electron chi connectivity index (χ3n) is 4.62. The van der Waals surface area contributed by atoms with Gasteiger partial charge in [-0.15, -0.1) is 0 Å². The predicted molar refractivity (Wildman–Crippen MR) is 115 cm³/mol. The van der Waals surface area contributed by atoms with Crippen LogP contribution < -0.4 is 19.5 Å². The van der Waals surface area contributed by atoms with E-state index in [0.717, 1.165) is 5.56 Å². The fourth-order valence-corrected chi connectivity index (χ4v) is 3.18. The fourth-order valence-electron chi connectivity index (χ4n) is 2.99. The Morgan fingerprint density at radius 1 is 1.07 bits per heavy atom. The Morgan fingerprint density at radius 2 is 1.67 bits per heavy atom. The predicted octanol–water partition coefficient (Wildman–Crippen LogP) is 3.29. The van der Waals surface area contributed by atoms with Crippen LogP contribution in [0.15, 0.2) is 42.5 Å². The number of benzene rings is 2. The molecule has 2 aromatic rings. The van der Waals surface area contributed by atoms with Crippen LogP contribution in [0.25, 0.3) is 0 Å². The molecular weight excluding hydrogens is 408 g/mol. The average molecular weight is 435 g/mol. The van der Waals surface area contributed by atoms with Crippen LogP contribution in [-0.4, -0.2) is 50.6 Å². The molecule has 0 spiro atoms. The van der Waals surface area contributed by atoms with E-state index in [9.17, 15) is 9.59 Å². The molecule has 2 amide bonds. The van der Waals surface area contributed by atoms with E-state index < -0.39 is 6.04 Å². The van der Waals surface area contributed by atoms with Crippen molar-refractivity contribution in [2.45, 2.75) is 25.9 Å². The van der Waals surface area contributed by atoms with Gasteiger partial charge in [-0.05, 0) is 18.1 Å². The van der Waals surface area contributed by atoms with Gasteiger partial charge in [0.25, 0.3) is 5.91 Å². The summed E-state index contributed by atoms with van der Waals surface area (Å²) in [5.41, 5.74) is 0.748. The number of halogens is 1. The van der Waals surface area contributed by atoms with Crippen molar-refractivity contribution in [1.29, 1.82) is 0 Å². The number of hydrogen-bond donors (Lipinski definition) is 1. The van der Waals surface area contributed by atoms with E-state index in [0.29, 0.717) is 28.7 Å². The molecule has 0 bridgehead atoms. The van der Waals surface area contributed by atoms with Crippen molar-refractivity contribution >= 4 is 23.4 Å². The number of methoxy groups -OCH3 is 2. The number of nitrogens with one attached hydrogen (secondary N) is 1. The third-order valence-corrected chi connectivity index (χ3v) is 4.99. The van der Waals surface area contributed by atoms with Crippen molar-refractivity contribution < 1.29 is 23.8 Å². The molecule has 30 heavy (non-hydrogen) atoms. The number of amides is 2. The van der Waals surface area contributed by atoms with Crippen LogP contribution >= 0.6 is 11.6 Å². The summed E-state index contributed by atoms with van der Waals surface area (Å²) in [6.07, 6.45) is 0.447. The van der Waals surface area contributed by atoms with Crippen LogP contribution in [0.4, 0.5) is 0 Å². The van der Waals surface area contributed by atoms with Gasteiger partial charge >= 0.3 is 0 Å². The fraction of sp³-hybridized carbons (Fsp3) is 0.364. The minimum Gasteiger partial charge on any atom is -0.496 e. The topological polar surface area (TPSA) is 77.1 Å². The molecule has 162 valence electrons. The normalized spacial score (nSPS) is 11.4. The van der Waals surface area contributed by atoms with Crippen LogP contribution in [0.2, 0.25) is 5.02 Å². The summed E-state index contributed by atoms with van der Waals surface area (Å²) in [5, 5.41) is 3.14. The molecule has 0 aliphatic carbocycles. The Labute approximate surface area is 181 Å². The monoisotopic (exact) mass is 434 g/mol. The Balaban J connectivity index is 2.23. The van der Waals surface area contributed by atoms with Gasteiger partial charge in [0.15, 0.2) is 6.61 Å². The molecule has 0 aliphatic heterocycles. The summed E-state index contributed by atoms with van der Waals surface area (Å²) < 4.78 is 16.1. The second kappa shape index (κ2) is 11.3. The Hall–Kier alpha value is -2.93. The van der Waals surface area contributed by atoms with E-state index in [4.69, 9.17) is 25.8 Å². The SMILES string of the molecule is CCC(C(=O)NC)N(Cc1ccccc1Cl)C(=O)COc1cc(OC)cc(OC)c1. The lowest BCUT2D eigenvalue weighted by Gasteiger charge is -2.30. The molecule has 8 heteroatoms. The van der Waals surface area contributed by atoms with Crippen molar-refractivity contribution in [3.8, 4) is 17.2 Å². The minimum absolute atomic E-state index is 0.190. The molecule has 1 N–H and O–H groups in total. The van der Waals surface area contributed by atoms with Crippen molar-refractivity contribution in [2.75, 3.05) is 27.9 Å². The zero-order valence-electron chi connectivity index (χ0n) is 17.6. The highest BCUT2D eigenvalue weighted by Gasteiger charge is 2.28. The van der Waals surface area contributed by atoms with Gasteiger partial charge in [0.05, 0.1) is 14.2 Å². The quantitative estimate of drug-likeness (QED) is 0.621. The average Bonchev–Trinajstić information content (AvgIpc) is 2.77. The van der Waals surface area contributed by atoms with Crippen LogP contribution in [0, 0.1) is 0 Å². The van der Waals surface area contributed by atoms with Gasteiger partial charge in [-0.2, -0.15) is 0 Å². The molecule has 0 saturated carbocycles. The molecule has 0 fully saturated rings. The van der Waals surface area contributed by atoms with Crippen LogP contribution in [0.1, 0.15) is 18.9 Å². The van der Waals surface area contributed by atoms with Gasteiger partial charge in [-0.25, -0.2) is 0 Å². The number of likely N-dealkylation sites (N-methyl/N-ethyl adjacent to an activating group) is 1. The molecule has 7 nitrogen and oxygen atoms in total. The largest absolute Gasteiger partial charge is 0.496 e. The van der Waals surface area contributed by atoms with Crippen LogP contribution in [-0.2, 0) is 16.1 Å². The number of rotatable bonds is 10. The molecule has 2 rings (SSSR count). The van der Waals surface area contributed by atoms with Crippen molar-refractivity contribution in [3.63, 3.8) is 0 Å². The van der Waals surface area contributed by atoms with Gasteiger partial charge < -0.3 is 24.4 Å². The summed E-state index contributed by atoms with van der Waals surface area (Å²) in [5.74, 6) is 0.918.